The van der Waals surface area contributed by atoms with Crippen molar-refractivity contribution in [3.8, 4) is 0 Å². The average Bonchev–Trinajstić information content (AvgIpc) is 2.98. The van der Waals surface area contributed by atoms with Gasteiger partial charge in [0.2, 0.25) is 5.78 Å². The Bertz CT molecular complexity index is 1480. The van der Waals surface area contributed by atoms with Crippen molar-refractivity contribution in [3.05, 3.63) is 47.2 Å². The van der Waals surface area contributed by atoms with E-state index in [4.69, 9.17) is 28.4 Å². The Morgan fingerprint density at radius 3 is 2.21 bits per heavy atom. The van der Waals surface area contributed by atoms with Gasteiger partial charge in [-0.3, -0.25) is 14.4 Å². The summed E-state index contributed by atoms with van der Waals surface area (Å²) in [6, 6.07) is 8.16. The molecule has 0 radical (unpaired) electrons. The summed E-state index contributed by atoms with van der Waals surface area (Å²) in [5.41, 5.74) is -6.56. The standard InChI is InChI=1S/C35H46O12/c1-18-22(38)16-35(41)29(45-30(40)21-13-11-10-12-14-21)27-33(8,28(39)26(44-19(2)36)25(18)31(35,4)5)23(47-32(6,7)42-9)15-24-34(27,17-43-24)46-20(3)37/h10-14,18,22-24,27,29,38,41H,15-17H2,1-9H3/t18?,22-,23-,24+,27?,29-,33+,34-,35+/m0/s1. The van der Waals surface area contributed by atoms with E-state index in [1.165, 1.54) is 14.0 Å². The van der Waals surface area contributed by atoms with Gasteiger partial charge in [-0.25, -0.2) is 4.79 Å². The molecule has 2 unspecified atom stereocenters. The van der Waals surface area contributed by atoms with Gasteiger partial charge in [0.1, 0.15) is 17.8 Å². The molecule has 3 fully saturated rings. The van der Waals surface area contributed by atoms with Crippen LogP contribution in [-0.2, 0) is 42.8 Å². The van der Waals surface area contributed by atoms with Crippen LogP contribution in [0.15, 0.2) is 41.7 Å². The summed E-state index contributed by atoms with van der Waals surface area (Å²) in [4.78, 5) is 54.9. The third kappa shape index (κ3) is 5.32. The number of ether oxygens (including phenoxy) is 6. The van der Waals surface area contributed by atoms with Gasteiger partial charge in [-0.1, -0.05) is 39.0 Å². The van der Waals surface area contributed by atoms with Crippen molar-refractivity contribution in [3.63, 3.8) is 0 Å². The lowest BCUT2D eigenvalue weighted by atomic mass is 9.45. The maximum Gasteiger partial charge on any atom is 0.338 e. The maximum absolute atomic E-state index is 15.4. The van der Waals surface area contributed by atoms with E-state index in [1.54, 1.807) is 71.9 Å². The van der Waals surface area contributed by atoms with Crippen LogP contribution in [0, 0.1) is 22.7 Å². The first-order valence-electron chi connectivity index (χ1n) is 15.9. The Hall–Kier alpha value is -3.16. The molecule has 0 spiro atoms. The summed E-state index contributed by atoms with van der Waals surface area (Å²) in [5.74, 6) is -6.64. The zero-order valence-electron chi connectivity index (χ0n) is 28.4. The van der Waals surface area contributed by atoms with Gasteiger partial charge in [-0.05, 0) is 38.5 Å². The number of Topliss-reactive ketones (excluding diaryl/α,β-unsaturated/α-hetero) is 1. The average molecular weight is 659 g/mol. The largest absolute Gasteiger partial charge is 0.455 e. The normalized spacial score (nSPS) is 37.7. The van der Waals surface area contributed by atoms with Gasteiger partial charge in [0.05, 0.1) is 35.7 Å². The SMILES string of the molecule is COC(C)(C)O[C@H]1C[C@H]2OC[C@@]2(OC(C)=O)C2[C@H](OC(=O)c3ccccc3)[C@]3(O)C[C@H](O)C(C)C(=C(OC(C)=O)C(=O)[C@@]21C)C3(C)C. The molecule has 2 saturated carbocycles. The summed E-state index contributed by atoms with van der Waals surface area (Å²) < 4.78 is 36.3. The van der Waals surface area contributed by atoms with Crippen LogP contribution in [0.5, 0.6) is 0 Å². The number of hydrogen-bond acceptors (Lipinski definition) is 12. The molecule has 1 heterocycles. The minimum Gasteiger partial charge on any atom is -0.455 e. The molecule has 1 aliphatic heterocycles. The highest BCUT2D eigenvalue weighted by molar-refractivity contribution is 6.02. The molecule has 1 saturated heterocycles. The minimum absolute atomic E-state index is 0.0425. The third-order valence-electron chi connectivity index (χ3n) is 11.1. The van der Waals surface area contributed by atoms with Crippen molar-refractivity contribution < 1.29 is 57.8 Å². The Kier molecular flexibility index (Phi) is 8.80. The number of esters is 3. The van der Waals surface area contributed by atoms with Gasteiger partial charge in [0.15, 0.2) is 17.1 Å². The fraction of sp³-hybridized carbons (Fsp3) is 0.657. The van der Waals surface area contributed by atoms with Crippen molar-refractivity contribution in [2.24, 2.45) is 22.7 Å². The Morgan fingerprint density at radius 2 is 1.68 bits per heavy atom. The summed E-state index contributed by atoms with van der Waals surface area (Å²) in [6.07, 6.45) is -4.97. The van der Waals surface area contributed by atoms with E-state index >= 15 is 4.79 Å². The first kappa shape index (κ1) is 35.2. The van der Waals surface area contributed by atoms with Gasteiger partial charge in [0.25, 0.3) is 0 Å². The molecule has 1 aromatic carbocycles. The number of benzene rings is 1. The van der Waals surface area contributed by atoms with Crippen LogP contribution in [0.2, 0.25) is 0 Å². The van der Waals surface area contributed by atoms with Crippen LogP contribution in [0.25, 0.3) is 0 Å². The highest BCUT2D eigenvalue weighted by Gasteiger charge is 2.78. The zero-order valence-corrected chi connectivity index (χ0v) is 28.4. The molecular formula is C35H46O12. The molecule has 9 atom stereocenters. The zero-order chi connectivity index (χ0) is 34.9. The summed E-state index contributed by atoms with van der Waals surface area (Å²) in [7, 11) is 1.45. The van der Waals surface area contributed by atoms with E-state index in [9.17, 15) is 24.6 Å². The van der Waals surface area contributed by atoms with E-state index < -0.39 is 87.8 Å². The second-order valence-corrected chi connectivity index (χ2v) is 14.5. The lowest BCUT2D eigenvalue weighted by molar-refractivity contribution is -0.362. The Morgan fingerprint density at radius 1 is 1.04 bits per heavy atom. The molecule has 0 amide bonds. The first-order chi connectivity index (χ1) is 21.8. The molecule has 4 aliphatic rings. The van der Waals surface area contributed by atoms with Crippen LogP contribution in [0.4, 0.5) is 0 Å². The molecule has 47 heavy (non-hydrogen) atoms. The number of carbonyl (C=O) groups excluding carboxylic acids is 4. The van der Waals surface area contributed by atoms with Gasteiger partial charge in [-0.2, -0.15) is 0 Å². The molecule has 2 N–H and O–H groups in total. The van der Waals surface area contributed by atoms with Crippen LogP contribution < -0.4 is 0 Å². The molecule has 3 aliphatic carbocycles. The number of rotatable bonds is 7. The maximum atomic E-state index is 15.4. The smallest absolute Gasteiger partial charge is 0.338 e. The second-order valence-electron chi connectivity index (χ2n) is 14.5. The number of aliphatic hydroxyl groups is 2. The predicted octanol–water partition coefficient (Wildman–Crippen LogP) is 3.26. The van der Waals surface area contributed by atoms with Gasteiger partial charge in [-0.15, -0.1) is 0 Å². The number of aliphatic hydroxyl groups excluding tert-OH is 1. The van der Waals surface area contributed by atoms with E-state index in [2.05, 4.69) is 0 Å². The van der Waals surface area contributed by atoms with Crippen molar-refractivity contribution in [2.45, 2.75) is 110 Å². The monoisotopic (exact) mass is 658 g/mol. The van der Waals surface area contributed by atoms with E-state index in [0.29, 0.717) is 0 Å². The van der Waals surface area contributed by atoms with Crippen molar-refractivity contribution in [1.29, 1.82) is 0 Å². The van der Waals surface area contributed by atoms with Crippen LogP contribution in [0.3, 0.4) is 0 Å². The van der Waals surface area contributed by atoms with Gasteiger partial charge >= 0.3 is 17.9 Å². The predicted molar refractivity (Wildman–Crippen MR) is 164 cm³/mol. The fourth-order valence-corrected chi connectivity index (χ4v) is 8.43. The van der Waals surface area contributed by atoms with Gasteiger partial charge < -0.3 is 38.6 Å². The first-order valence-corrected chi connectivity index (χ1v) is 15.9. The van der Waals surface area contributed by atoms with Crippen LogP contribution >= 0.6 is 0 Å². The summed E-state index contributed by atoms with van der Waals surface area (Å²) >= 11 is 0. The summed E-state index contributed by atoms with van der Waals surface area (Å²) in [6.45, 7) is 12.1. The minimum atomic E-state index is -2.11. The highest BCUT2D eigenvalue weighted by Crippen LogP contribution is 2.65. The molecule has 258 valence electrons. The topological polar surface area (TPSA) is 164 Å². The van der Waals surface area contributed by atoms with Crippen LogP contribution in [-0.4, -0.2) is 89.0 Å². The molecule has 12 heteroatoms. The van der Waals surface area contributed by atoms with Crippen molar-refractivity contribution in [2.75, 3.05) is 13.7 Å². The fourth-order valence-electron chi connectivity index (χ4n) is 8.43. The second kappa shape index (κ2) is 11.8. The number of ketones is 1. The third-order valence-corrected chi connectivity index (χ3v) is 11.1. The molecule has 5 rings (SSSR count). The van der Waals surface area contributed by atoms with E-state index in [-0.39, 0.29) is 36.3 Å². The summed E-state index contributed by atoms with van der Waals surface area (Å²) in [5, 5.41) is 24.6. The molecule has 0 aromatic heterocycles. The quantitative estimate of drug-likeness (QED) is 0.250. The lowest BCUT2D eigenvalue weighted by Gasteiger charge is -2.67. The number of methoxy groups -OCH3 is 1. The Labute approximate surface area is 274 Å². The molecule has 12 nitrogen and oxygen atoms in total. The Balaban J connectivity index is 1.90. The number of allylic oxidation sites excluding steroid dienone is 1. The van der Waals surface area contributed by atoms with Crippen LogP contribution in [0.1, 0.15) is 78.6 Å². The molecule has 2 bridgehead atoms. The molecular weight excluding hydrogens is 612 g/mol. The van der Waals surface area contributed by atoms with Crippen molar-refractivity contribution >= 4 is 23.7 Å². The van der Waals surface area contributed by atoms with Gasteiger partial charge in [0, 0.05) is 45.1 Å². The number of fused-ring (bicyclic) bond motifs is 5. The molecule has 1 aromatic rings. The lowest BCUT2D eigenvalue weighted by Crippen LogP contribution is -2.81. The number of hydrogen-bond donors (Lipinski definition) is 2. The highest BCUT2D eigenvalue weighted by atomic mass is 16.7. The van der Waals surface area contributed by atoms with E-state index in [1.807, 2.05) is 0 Å². The number of carbonyl (C=O) groups is 4. The van der Waals surface area contributed by atoms with E-state index in [0.717, 1.165) is 6.92 Å². The van der Waals surface area contributed by atoms with Crippen molar-refractivity contribution in [1.82, 2.24) is 0 Å².